The van der Waals surface area contributed by atoms with E-state index in [4.69, 9.17) is 11.5 Å². The van der Waals surface area contributed by atoms with Crippen molar-refractivity contribution in [1.82, 2.24) is 10.3 Å². The van der Waals surface area contributed by atoms with Crippen molar-refractivity contribution in [3.05, 3.63) is 30.3 Å². The Labute approximate surface area is 155 Å². The Kier molecular flexibility index (Phi) is 5.79. The number of anilines is 1. The van der Waals surface area contributed by atoms with Crippen molar-refractivity contribution < 1.29 is 9.59 Å². The number of fused-ring (bicyclic) bond motifs is 1. The van der Waals surface area contributed by atoms with Crippen LogP contribution in [-0.4, -0.2) is 16.8 Å². The highest BCUT2D eigenvalue weighted by molar-refractivity contribution is 5.87. The number of nitrogen functional groups attached to an aromatic ring is 1. The van der Waals surface area contributed by atoms with Gasteiger partial charge in [0.15, 0.2) is 0 Å². The Morgan fingerprint density at radius 2 is 2.00 bits per heavy atom. The average molecular weight is 357 g/mol. The van der Waals surface area contributed by atoms with E-state index in [2.05, 4.69) is 10.3 Å². The lowest BCUT2D eigenvalue weighted by Gasteiger charge is -2.48. The van der Waals surface area contributed by atoms with Gasteiger partial charge in [-0.2, -0.15) is 0 Å². The minimum absolute atomic E-state index is 0.166. The molecule has 2 aliphatic rings. The number of nitrogens with zero attached hydrogens (tertiary/aromatic N) is 1. The predicted molar refractivity (Wildman–Crippen MR) is 100 cm³/mol. The highest BCUT2D eigenvalue weighted by atomic mass is 16.2. The number of hydrogen-bond acceptors (Lipinski definition) is 4. The minimum Gasteiger partial charge on any atom is -0.384 e. The van der Waals surface area contributed by atoms with E-state index >= 15 is 0 Å². The van der Waals surface area contributed by atoms with Crippen LogP contribution in [0.1, 0.15) is 56.9 Å². The zero-order valence-corrected chi connectivity index (χ0v) is 15.2. The second kappa shape index (κ2) is 8.06. The maximum atomic E-state index is 12.4. The summed E-state index contributed by atoms with van der Waals surface area (Å²) in [6.45, 7) is 0.387. The Bertz CT molecular complexity index is 644. The van der Waals surface area contributed by atoms with Crippen molar-refractivity contribution in [2.75, 3.05) is 5.73 Å². The van der Waals surface area contributed by atoms with Crippen molar-refractivity contribution in [3.63, 3.8) is 0 Å². The molecule has 0 aromatic carbocycles. The van der Waals surface area contributed by atoms with Gasteiger partial charge in [-0.05, 0) is 42.7 Å². The van der Waals surface area contributed by atoms with Crippen LogP contribution in [0, 0.1) is 23.7 Å². The number of carbonyl (C=O) groups is 2. The van der Waals surface area contributed by atoms with Gasteiger partial charge in [-0.3, -0.25) is 9.59 Å². The number of nitrogens with two attached hydrogens (primary N) is 2. The topological polar surface area (TPSA) is 111 Å². The van der Waals surface area contributed by atoms with Crippen LogP contribution in [0.3, 0.4) is 0 Å². The number of aromatic nitrogens is 1. The lowest BCUT2D eigenvalue weighted by molar-refractivity contribution is -0.137. The maximum Gasteiger partial charge on any atom is 0.224 e. The van der Waals surface area contributed by atoms with E-state index in [1.807, 2.05) is 6.07 Å². The van der Waals surface area contributed by atoms with Crippen LogP contribution >= 0.6 is 0 Å². The summed E-state index contributed by atoms with van der Waals surface area (Å²) in [5.41, 5.74) is 11.8. The summed E-state index contributed by atoms with van der Waals surface area (Å²) in [7, 11) is 0. The molecule has 0 bridgehead atoms. The Morgan fingerprint density at radius 1 is 1.23 bits per heavy atom. The molecule has 2 saturated carbocycles. The zero-order chi connectivity index (χ0) is 18.6. The number of primary amides is 1. The summed E-state index contributed by atoms with van der Waals surface area (Å²) in [6, 6.07) is 3.54. The molecule has 2 fully saturated rings. The Balaban J connectivity index is 1.58. The van der Waals surface area contributed by atoms with Gasteiger partial charge in [-0.25, -0.2) is 4.98 Å². The van der Waals surface area contributed by atoms with Gasteiger partial charge in [0.05, 0.1) is 11.8 Å². The fourth-order valence-electron chi connectivity index (χ4n) is 4.88. The monoisotopic (exact) mass is 357 g/mol. The normalized spacial score (nSPS) is 28.2. The predicted octanol–water partition coefficient (Wildman–Crippen LogP) is 2.34. The molecule has 6 heteroatoms. The number of hydrogen-bond donors (Lipinski definition) is 3. The van der Waals surface area contributed by atoms with Crippen LogP contribution < -0.4 is 16.8 Å². The highest BCUT2D eigenvalue weighted by Gasteiger charge is 2.49. The molecular weight excluding hydrogens is 328 g/mol. The van der Waals surface area contributed by atoms with E-state index in [0.717, 1.165) is 31.2 Å². The Hall–Kier alpha value is -2.11. The van der Waals surface area contributed by atoms with E-state index in [1.54, 1.807) is 18.7 Å². The number of nitrogens with one attached hydrogen (secondary N) is 1. The zero-order valence-electron chi connectivity index (χ0n) is 15.2. The van der Waals surface area contributed by atoms with E-state index < -0.39 is 5.41 Å². The summed E-state index contributed by atoms with van der Waals surface area (Å²) >= 11 is 0. The summed E-state index contributed by atoms with van der Waals surface area (Å²) in [6.07, 6.45) is 11.4. The molecule has 3 rings (SSSR count). The maximum absolute atomic E-state index is 12.4. The molecule has 6 nitrogen and oxygen atoms in total. The lowest BCUT2D eigenvalue weighted by atomic mass is 9.55. The van der Waals surface area contributed by atoms with Crippen LogP contribution in [0.2, 0.25) is 0 Å². The number of rotatable bonds is 6. The summed E-state index contributed by atoms with van der Waals surface area (Å²) in [5, 5.41) is 2.86. The molecule has 2 amide bonds. The van der Waals surface area contributed by atoms with Crippen molar-refractivity contribution in [3.8, 4) is 0 Å². The molecule has 3 atom stereocenters. The fourth-order valence-corrected chi connectivity index (χ4v) is 4.88. The SMILES string of the molecule is NC(=O)C1(C[CH]C(=O)NCc2ccc(N)nc2)CCCC2CCCC[C@@H]21. The third-order valence-electron chi connectivity index (χ3n) is 6.27. The molecule has 1 heterocycles. The van der Waals surface area contributed by atoms with Gasteiger partial charge < -0.3 is 16.8 Å². The molecule has 5 N–H and O–H groups in total. The van der Waals surface area contributed by atoms with Crippen LogP contribution in [-0.2, 0) is 16.1 Å². The first-order valence-corrected chi connectivity index (χ1v) is 9.62. The average Bonchev–Trinajstić information content (AvgIpc) is 2.65. The molecule has 0 aliphatic heterocycles. The molecule has 2 aliphatic carbocycles. The van der Waals surface area contributed by atoms with Gasteiger partial charge in [0.1, 0.15) is 5.82 Å². The van der Waals surface area contributed by atoms with E-state index in [0.29, 0.717) is 30.6 Å². The van der Waals surface area contributed by atoms with Crippen molar-refractivity contribution in [2.24, 2.45) is 23.0 Å². The van der Waals surface area contributed by atoms with Gasteiger partial charge in [-0.15, -0.1) is 0 Å². The van der Waals surface area contributed by atoms with Gasteiger partial charge in [0.2, 0.25) is 11.8 Å². The summed E-state index contributed by atoms with van der Waals surface area (Å²) < 4.78 is 0. The first-order valence-electron chi connectivity index (χ1n) is 9.62. The third-order valence-corrected chi connectivity index (χ3v) is 6.27. The Morgan fingerprint density at radius 3 is 2.73 bits per heavy atom. The smallest absolute Gasteiger partial charge is 0.224 e. The fraction of sp³-hybridized carbons (Fsp3) is 0.600. The second-order valence-electron chi connectivity index (χ2n) is 7.78. The second-order valence-corrected chi connectivity index (χ2v) is 7.78. The molecule has 1 aromatic rings. The van der Waals surface area contributed by atoms with Crippen LogP contribution in [0.15, 0.2) is 18.3 Å². The third kappa shape index (κ3) is 4.00. The molecule has 1 radical (unpaired) electrons. The van der Waals surface area contributed by atoms with Crippen LogP contribution in [0.4, 0.5) is 5.82 Å². The van der Waals surface area contributed by atoms with Crippen molar-refractivity contribution >= 4 is 17.6 Å². The minimum atomic E-state index is -0.552. The molecule has 1 aromatic heterocycles. The van der Waals surface area contributed by atoms with Crippen molar-refractivity contribution in [1.29, 1.82) is 0 Å². The molecule has 0 saturated heterocycles. The van der Waals surface area contributed by atoms with E-state index in [1.165, 1.54) is 19.3 Å². The molecule has 26 heavy (non-hydrogen) atoms. The first-order chi connectivity index (χ1) is 12.5. The molecule has 2 unspecified atom stereocenters. The van der Waals surface area contributed by atoms with E-state index in [-0.39, 0.29) is 11.8 Å². The van der Waals surface area contributed by atoms with Crippen LogP contribution in [0.25, 0.3) is 0 Å². The largest absolute Gasteiger partial charge is 0.384 e. The first kappa shape index (κ1) is 18.7. The number of amides is 2. The number of carbonyl (C=O) groups excluding carboxylic acids is 2. The molecule has 141 valence electrons. The highest BCUT2D eigenvalue weighted by Crippen LogP contribution is 2.52. The lowest BCUT2D eigenvalue weighted by Crippen LogP contribution is -2.50. The van der Waals surface area contributed by atoms with Gasteiger partial charge in [0, 0.05) is 12.7 Å². The standard InChI is InChI=1S/C20H29N4O2/c21-17-8-7-14(12-23-17)13-24-18(25)9-11-20(19(22)26)10-3-5-15-4-1-2-6-16(15)20/h7-9,12,15-16H,1-6,10-11,13H2,(H2,21,23)(H2,22,26)(H,24,25)/t15?,16-,20?/m0/s1. The quantitative estimate of drug-likeness (QED) is 0.725. The summed E-state index contributed by atoms with van der Waals surface area (Å²) in [4.78, 5) is 28.7. The van der Waals surface area contributed by atoms with Gasteiger partial charge >= 0.3 is 0 Å². The van der Waals surface area contributed by atoms with Crippen LogP contribution in [0.5, 0.6) is 0 Å². The summed E-state index contributed by atoms with van der Waals surface area (Å²) in [5.74, 6) is 0.964. The van der Waals surface area contributed by atoms with Gasteiger partial charge in [-0.1, -0.05) is 38.2 Å². The number of pyridine rings is 1. The molecule has 0 spiro atoms. The van der Waals surface area contributed by atoms with Crippen molar-refractivity contribution in [2.45, 2.75) is 57.9 Å². The van der Waals surface area contributed by atoms with E-state index in [9.17, 15) is 9.59 Å². The molecular formula is C20H29N4O2. The van der Waals surface area contributed by atoms with Gasteiger partial charge in [0.25, 0.3) is 0 Å².